The van der Waals surface area contributed by atoms with E-state index in [-0.39, 0.29) is 16.3 Å². The Morgan fingerprint density at radius 1 is 1.47 bits per heavy atom. The van der Waals surface area contributed by atoms with Gasteiger partial charge in [-0.15, -0.1) is 0 Å². The fourth-order valence-electron chi connectivity index (χ4n) is 2.15. The molecule has 1 aliphatic heterocycles. The molecule has 2 heterocycles. The smallest absolute Gasteiger partial charge is 0.253 e. The number of nitrogens with one attached hydrogen (secondary N) is 1. The first-order valence-electron chi connectivity index (χ1n) is 5.58. The normalized spacial score (nSPS) is 20.1. The second-order valence-corrected chi connectivity index (χ2v) is 5.81. The van der Waals surface area contributed by atoms with Crippen LogP contribution in [0.1, 0.15) is 23.2 Å². The van der Waals surface area contributed by atoms with Crippen LogP contribution in [0.2, 0.25) is 0 Å². The van der Waals surface area contributed by atoms with Gasteiger partial charge in [0.05, 0.1) is 6.54 Å². The van der Waals surface area contributed by atoms with Crippen molar-refractivity contribution in [1.82, 2.24) is 9.88 Å². The summed E-state index contributed by atoms with van der Waals surface area (Å²) in [4.78, 5) is 28.2. The summed E-state index contributed by atoms with van der Waals surface area (Å²) in [7, 11) is 0. The summed E-state index contributed by atoms with van der Waals surface area (Å²) in [6.07, 6.45) is 0.517. The Balaban J connectivity index is 2.25. The molecule has 1 aromatic rings. The summed E-state index contributed by atoms with van der Waals surface area (Å²) in [5.74, 6) is 0.103. The lowest BCUT2D eigenvalue weighted by atomic mass is 10.1. The average molecular weight is 299 g/mol. The van der Waals surface area contributed by atoms with E-state index in [1.165, 1.54) is 0 Å². The summed E-state index contributed by atoms with van der Waals surface area (Å²) < 4.78 is 0. The zero-order valence-corrected chi connectivity index (χ0v) is 11.5. The van der Waals surface area contributed by atoms with Crippen LogP contribution in [0.15, 0.2) is 10.9 Å². The van der Waals surface area contributed by atoms with Gasteiger partial charge in [0.25, 0.3) is 5.56 Å². The molecule has 92 valence electrons. The van der Waals surface area contributed by atoms with Crippen LogP contribution < -0.4 is 5.56 Å². The Kier molecular flexibility index (Phi) is 3.38. The highest BCUT2D eigenvalue weighted by atomic mass is 79.9. The van der Waals surface area contributed by atoms with Crippen LogP contribution in [-0.2, 0) is 11.3 Å². The molecule has 0 aliphatic carbocycles. The number of rotatable bonds is 2. The van der Waals surface area contributed by atoms with Crippen LogP contribution in [0.4, 0.5) is 0 Å². The molecule has 1 aliphatic rings. The Morgan fingerprint density at radius 2 is 2.18 bits per heavy atom. The van der Waals surface area contributed by atoms with Crippen molar-refractivity contribution in [2.45, 2.75) is 31.6 Å². The first kappa shape index (κ1) is 12.4. The summed E-state index contributed by atoms with van der Waals surface area (Å²) in [6, 6.07) is 1.93. The maximum Gasteiger partial charge on any atom is 0.253 e. The van der Waals surface area contributed by atoms with Crippen molar-refractivity contribution >= 4 is 21.8 Å². The van der Waals surface area contributed by atoms with Gasteiger partial charge >= 0.3 is 0 Å². The van der Waals surface area contributed by atoms with Crippen molar-refractivity contribution < 1.29 is 4.79 Å². The van der Waals surface area contributed by atoms with Gasteiger partial charge in [0.2, 0.25) is 5.91 Å². The third-order valence-electron chi connectivity index (χ3n) is 3.01. The number of carbonyl (C=O) groups is 1. The molecule has 0 saturated carbocycles. The number of H-pyrrole nitrogens is 1. The molecular formula is C12H15BrN2O2. The maximum absolute atomic E-state index is 11.8. The Bertz CT molecular complexity index is 510. The van der Waals surface area contributed by atoms with E-state index in [2.05, 4.69) is 20.9 Å². The highest BCUT2D eigenvalue weighted by Gasteiger charge is 2.28. The van der Waals surface area contributed by atoms with Gasteiger partial charge in [-0.2, -0.15) is 0 Å². The molecule has 1 saturated heterocycles. The number of likely N-dealkylation sites (tertiary alicyclic amines) is 1. The topological polar surface area (TPSA) is 53.2 Å². The minimum Gasteiger partial charge on any atom is -0.337 e. The minimum atomic E-state index is -0.0895. The zero-order chi connectivity index (χ0) is 12.6. The van der Waals surface area contributed by atoms with Crippen LogP contribution in [-0.4, -0.2) is 27.2 Å². The molecule has 0 spiro atoms. The molecule has 2 rings (SSSR count). The highest BCUT2D eigenvalue weighted by Crippen LogP contribution is 2.20. The number of halogens is 1. The molecule has 1 atom stereocenters. The van der Waals surface area contributed by atoms with Gasteiger partial charge in [0.1, 0.15) is 0 Å². The predicted octanol–water partition coefficient (Wildman–Crippen LogP) is 1.49. The number of nitrogens with zero attached hydrogens (tertiary/aromatic N) is 1. The molecule has 1 fully saturated rings. The zero-order valence-electron chi connectivity index (χ0n) is 9.92. The van der Waals surface area contributed by atoms with E-state index in [1.807, 2.05) is 19.9 Å². The van der Waals surface area contributed by atoms with Crippen LogP contribution in [0.25, 0.3) is 0 Å². The van der Waals surface area contributed by atoms with Crippen LogP contribution in [0, 0.1) is 13.8 Å². The molecule has 0 bridgehead atoms. The van der Waals surface area contributed by atoms with Crippen molar-refractivity contribution in [2.75, 3.05) is 6.54 Å². The number of hydrogen-bond donors (Lipinski definition) is 1. The summed E-state index contributed by atoms with van der Waals surface area (Å²) in [5, 5.41) is 0. The minimum absolute atomic E-state index is 0.0895. The maximum atomic E-state index is 11.8. The molecule has 1 unspecified atom stereocenters. The number of aromatic amines is 1. The average Bonchev–Trinajstić information content (AvgIpc) is 2.51. The summed E-state index contributed by atoms with van der Waals surface area (Å²) in [6.45, 7) is 4.84. The third-order valence-corrected chi connectivity index (χ3v) is 3.62. The van der Waals surface area contributed by atoms with Gasteiger partial charge in [-0.05, 0) is 25.5 Å². The third kappa shape index (κ3) is 2.60. The number of amides is 1. The second kappa shape index (κ2) is 4.64. The molecule has 5 heteroatoms. The predicted molar refractivity (Wildman–Crippen MR) is 69.3 cm³/mol. The van der Waals surface area contributed by atoms with Crippen LogP contribution >= 0.6 is 15.9 Å². The fourth-order valence-corrected chi connectivity index (χ4v) is 2.77. The van der Waals surface area contributed by atoms with E-state index in [9.17, 15) is 9.59 Å². The van der Waals surface area contributed by atoms with Crippen molar-refractivity contribution in [2.24, 2.45) is 0 Å². The summed E-state index contributed by atoms with van der Waals surface area (Å²) in [5.41, 5.74) is 2.39. The lowest BCUT2D eigenvalue weighted by molar-refractivity contribution is -0.128. The number of carbonyl (C=O) groups excluding carboxylic acids is 1. The lowest BCUT2D eigenvalue weighted by Gasteiger charge is -2.16. The van der Waals surface area contributed by atoms with E-state index in [4.69, 9.17) is 0 Å². The molecule has 1 aromatic heterocycles. The van der Waals surface area contributed by atoms with Crippen LogP contribution in [0.3, 0.4) is 0 Å². The quantitative estimate of drug-likeness (QED) is 0.841. The van der Waals surface area contributed by atoms with Crippen LogP contribution in [0.5, 0.6) is 0 Å². The number of aromatic nitrogens is 1. The Hall–Kier alpha value is -1.10. The molecule has 1 amide bonds. The van der Waals surface area contributed by atoms with E-state index < -0.39 is 0 Å². The van der Waals surface area contributed by atoms with Crippen molar-refractivity contribution in [3.8, 4) is 0 Å². The standard InChI is InChI=1S/C12H15BrN2O2/c1-7-3-8(2)14-12(17)10(7)6-15-5-9(13)4-11(15)16/h3,9H,4-6H2,1-2H3,(H,14,17). The second-order valence-electron chi connectivity index (χ2n) is 4.52. The van der Waals surface area contributed by atoms with Gasteiger partial charge in [-0.25, -0.2) is 0 Å². The largest absolute Gasteiger partial charge is 0.337 e. The molecule has 0 radical (unpaired) electrons. The summed E-state index contributed by atoms with van der Waals surface area (Å²) >= 11 is 3.43. The molecule has 0 aromatic carbocycles. The van der Waals surface area contributed by atoms with Gasteiger partial charge in [-0.3, -0.25) is 9.59 Å². The first-order valence-corrected chi connectivity index (χ1v) is 6.50. The number of hydrogen-bond acceptors (Lipinski definition) is 2. The van der Waals surface area contributed by atoms with Crippen molar-refractivity contribution in [3.05, 3.63) is 33.2 Å². The highest BCUT2D eigenvalue weighted by molar-refractivity contribution is 9.09. The van der Waals surface area contributed by atoms with Gasteiger partial charge in [-0.1, -0.05) is 15.9 Å². The Morgan fingerprint density at radius 3 is 2.71 bits per heavy atom. The molecule has 4 nitrogen and oxygen atoms in total. The monoisotopic (exact) mass is 298 g/mol. The molecule has 1 N–H and O–H groups in total. The molecule has 17 heavy (non-hydrogen) atoms. The SMILES string of the molecule is Cc1cc(C)c(CN2CC(Br)CC2=O)c(=O)[nH]1. The number of aryl methyl sites for hydroxylation is 2. The molecular weight excluding hydrogens is 284 g/mol. The van der Waals surface area contributed by atoms with Crippen molar-refractivity contribution in [1.29, 1.82) is 0 Å². The van der Waals surface area contributed by atoms with E-state index in [1.54, 1.807) is 4.90 Å². The first-order chi connectivity index (χ1) is 7.97. The van der Waals surface area contributed by atoms with E-state index in [0.717, 1.165) is 11.3 Å². The van der Waals surface area contributed by atoms with Gasteiger partial charge < -0.3 is 9.88 Å². The van der Waals surface area contributed by atoms with Gasteiger partial charge in [0.15, 0.2) is 0 Å². The lowest BCUT2D eigenvalue weighted by Crippen LogP contribution is -2.29. The fraction of sp³-hybridized carbons (Fsp3) is 0.500. The van der Waals surface area contributed by atoms with E-state index in [0.29, 0.717) is 25.1 Å². The van der Waals surface area contributed by atoms with Crippen molar-refractivity contribution in [3.63, 3.8) is 0 Å². The van der Waals surface area contributed by atoms with E-state index >= 15 is 0 Å². The number of pyridine rings is 1. The number of alkyl halides is 1. The van der Waals surface area contributed by atoms with Gasteiger partial charge in [0, 0.05) is 29.1 Å². The Labute approximate surface area is 108 Å².